The first-order chi connectivity index (χ1) is 10.0. The highest BCUT2D eigenvalue weighted by molar-refractivity contribution is 9.10. The Balaban J connectivity index is 2.41. The summed E-state index contributed by atoms with van der Waals surface area (Å²) >= 11 is 3.44. The Morgan fingerprint density at radius 1 is 1.52 bits per heavy atom. The Kier molecular flexibility index (Phi) is 5.72. The lowest BCUT2D eigenvalue weighted by Crippen LogP contribution is -2.43. The number of nitrogens with zero attached hydrogens (tertiary/aromatic N) is 1. The van der Waals surface area contributed by atoms with Gasteiger partial charge in [0.25, 0.3) is 0 Å². The first kappa shape index (κ1) is 16.4. The fraction of sp³-hybridized carbons (Fsp3) is 0.533. The maximum absolute atomic E-state index is 13.6. The van der Waals surface area contributed by atoms with Crippen LogP contribution < -0.4 is 5.73 Å². The predicted molar refractivity (Wildman–Crippen MR) is 82.3 cm³/mol. The zero-order valence-electron chi connectivity index (χ0n) is 12.0. The van der Waals surface area contributed by atoms with Crippen molar-refractivity contribution in [3.63, 3.8) is 0 Å². The van der Waals surface area contributed by atoms with Crippen molar-refractivity contribution in [3.8, 4) is 0 Å². The van der Waals surface area contributed by atoms with Gasteiger partial charge in [-0.1, -0.05) is 15.9 Å². The van der Waals surface area contributed by atoms with Gasteiger partial charge in [-0.05, 0) is 36.6 Å². The summed E-state index contributed by atoms with van der Waals surface area (Å²) < 4.78 is 19.5. The molecule has 1 aliphatic rings. The van der Waals surface area contributed by atoms with Crippen LogP contribution in [0.15, 0.2) is 22.7 Å². The zero-order valence-corrected chi connectivity index (χ0v) is 13.6. The zero-order chi connectivity index (χ0) is 15.4. The van der Waals surface area contributed by atoms with Crippen molar-refractivity contribution in [2.24, 2.45) is 5.73 Å². The Bertz CT molecular complexity index is 512. The number of hydrogen-bond donors (Lipinski definition) is 1. The number of ether oxygens (including phenoxy) is 1. The molecule has 2 atom stereocenters. The SMILES string of the molecule is COCCN1C(=O)CCCC(N)C1c1cc(F)ccc1Br. The van der Waals surface area contributed by atoms with Crippen molar-refractivity contribution in [2.45, 2.75) is 31.3 Å². The molecule has 2 rings (SSSR count). The molecule has 2 unspecified atom stereocenters. The minimum absolute atomic E-state index is 0.0427. The fourth-order valence-electron chi connectivity index (χ4n) is 2.77. The molecule has 0 saturated carbocycles. The van der Waals surface area contributed by atoms with Gasteiger partial charge in [-0.2, -0.15) is 0 Å². The predicted octanol–water partition coefficient (Wildman–Crippen LogP) is 2.62. The van der Waals surface area contributed by atoms with Gasteiger partial charge in [0.1, 0.15) is 5.82 Å². The van der Waals surface area contributed by atoms with Crippen molar-refractivity contribution in [1.29, 1.82) is 0 Å². The standard InChI is InChI=1S/C15H20BrFN2O2/c1-21-8-7-19-14(20)4-2-3-13(18)15(19)11-9-10(17)5-6-12(11)16/h5-6,9,13,15H,2-4,7-8,18H2,1H3. The van der Waals surface area contributed by atoms with Crippen molar-refractivity contribution >= 4 is 21.8 Å². The number of likely N-dealkylation sites (tertiary alicyclic amines) is 1. The van der Waals surface area contributed by atoms with Gasteiger partial charge in [0, 0.05) is 30.6 Å². The van der Waals surface area contributed by atoms with E-state index in [-0.39, 0.29) is 23.8 Å². The molecule has 1 aromatic rings. The van der Waals surface area contributed by atoms with Crippen LogP contribution in [-0.2, 0) is 9.53 Å². The Morgan fingerprint density at radius 2 is 2.29 bits per heavy atom. The molecule has 1 heterocycles. The van der Waals surface area contributed by atoms with Gasteiger partial charge in [-0.25, -0.2) is 4.39 Å². The molecular formula is C15H20BrFN2O2. The highest BCUT2D eigenvalue weighted by Gasteiger charge is 2.33. The summed E-state index contributed by atoms with van der Waals surface area (Å²) in [6, 6.07) is 3.94. The number of rotatable bonds is 4. The van der Waals surface area contributed by atoms with Gasteiger partial charge in [0.05, 0.1) is 12.6 Å². The summed E-state index contributed by atoms with van der Waals surface area (Å²) in [6.07, 6.45) is 1.97. The summed E-state index contributed by atoms with van der Waals surface area (Å²) in [5.41, 5.74) is 6.99. The smallest absolute Gasteiger partial charge is 0.223 e. The molecule has 4 nitrogen and oxygen atoms in total. The summed E-state index contributed by atoms with van der Waals surface area (Å²) in [6.45, 7) is 0.887. The highest BCUT2D eigenvalue weighted by atomic mass is 79.9. The lowest BCUT2D eigenvalue weighted by atomic mass is 9.96. The molecule has 1 fully saturated rings. The highest BCUT2D eigenvalue weighted by Crippen LogP contribution is 2.34. The van der Waals surface area contributed by atoms with E-state index in [1.165, 1.54) is 12.1 Å². The van der Waals surface area contributed by atoms with Gasteiger partial charge in [0.15, 0.2) is 0 Å². The molecule has 21 heavy (non-hydrogen) atoms. The third kappa shape index (κ3) is 3.81. The molecule has 0 aromatic heterocycles. The van der Waals surface area contributed by atoms with Crippen LogP contribution in [0, 0.1) is 5.82 Å². The second kappa shape index (κ2) is 7.33. The fourth-order valence-corrected chi connectivity index (χ4v) is 3.25. The van der Waals surface area contributed by atoms with E-state index in [0.717, 1.165) is 17.3 Å². The second-order valence-corrected chi connectivity index (χ2v) is 6.10. The summed E-state index contributed by atoms with van der Waals surface area (Å²) in [5.74, 6) is -0.287. The average molecular weight is 359 g/mol. The third-order valence-electron chi connectivity index (χ3n) is 3.80. The molecule has 0 bridgehead atoms. The van der Waals surface area contributed by atoms with Crippen molar-refractivity contribution in [1.82, 2.24) is 4.90 Å². The van der Waals surface area contributed by atoms with Crippen LogP contribution in [0.2, 0.25) is 0 Å². The van der Waals surface area contributed by atoms with E-state index in [9.17, 15) is 9.18 Å². The van der Waals surface area contributed by atoms with Gasteiger partial charge >= 0.3 is 0 Å². The van der Waals surface area contributed by atoms with E-state index in [2.05, 4.69) is 15.9 Å². The number of carbonyl (C=O) groups excluding carboxylic acids is 1. The van der Waals surface area contributed by atoms with E-state index in [1.807, 2.05) is 0 Å². The second-order valence-electron chi connectivity index (χ2n) is 5.25. The van der Waals surface area contributed by atoms with E-state index in [1.54, 1.807) is 18.1 Å². The van der Waals surface area contributed by atoms with Crippen molar-refractivity contribution < 1.29 is 13.9 Å². The lowest BCUT2D eigenvalue weighted by Gasteiger charge is -2.34. The monoisotopic (exact) mass is 358 g/mol. The molecule has 6 heteroatoms. The largest absolute Gasteiger partial charge is 0.383 e. The van der Waals surface area contributed by atoms with E-state index < -0.39 is 0 Å². The number of carbonyl (C=O) groups is 1. The molecule has 1 amide bonds. The first-order valence-electron chi connectivity index (χ1n) is 7.03. The van der Waals surface area contributed by atoms with Crippen LogP contribution >= 0.6 is 15.9 Å². The van der Waals surface area contributed by atoms with Crippen LogP contribution in [0.3, 0.4) is 0 Å². The first-order valence-corrected chi connectivity index (χ1v) is 7.83. The van der Waals surface area contributed by atoms with E-state index in [0.29, 0.717) is 25.1 Å². The van der Waals surface area contributed by atoms with Crippen LogP contribution in [0.4, 0.5) is 4.39 Å². The number of amides is 1. The molecule has 1 aliphatic heterocycles. The van der Waals surface area contributed by atoms with Crippen molar-refractivity contribution in [2.75, 3.05) is 20.3 Å². The Morgan fingerprint density at radius 3 is 3.00 bits per heavy atom. The van der Waals surface area contributed by atoms with E-state index in [4.69, 9.17) is 10.5 Å². The summed E-state index contributed by atoms with van der Waals surface area (Å²) in [5, 5.41) is 0. The van der Waals surface area contributed by atoms with Gasteiger partial charge < -0.3 is 15.4 Å². The number of halogens is 2. The van der Waals surface area contributed by atoms with Crippen LogP contribution in [0.1, 0.15) is 30.9 Å². The van der Waals surface area contributed by atoms with Crippen LogP contribution in [0.5, 0.6) is 0 Å². The van der Waals surface area contributed by atoms with Gasteiger partial charge in [0.2, 0.25) is 5.91 Å². The Labute approximate surface area is 132 Å². The number of benzene rings is 1. The number of hydrogen-bond acceptors (Lipinski definition) is 3. The molecule has 1 aromatic carbocycles. The summed E-state index contributed by atoms with van der Waals surface area (Å²) in [7, 11) is 1.59. The van der Waals surface area contributed by atoms with Crippen LogP contribution in [0.25, 0.3) is 0 Å². The quantitative estimate of drug-likeness (QED) is 0.899. The maximum atomic E-state index is 13.6. The molecule has 2 N–H and O–H groups in total. The molecule has 0 spiro atoms. The number of methoxy groups -OCH3 is 1. The van der Waals surface area contributed by atoms with Crippen molar-refractivity contribution in [3.05, 3.63) is 34.1 Å². The molecule has 0 aliphatic carbocycles. The lowest BCUT2D eigenvalue weighted by molar-refractivity contribution is -0.134. The van der Waals surface area contributed by atoms with Gasteiger partial charge in [-0.15, -0.1) is 0 Å². The Hall–Kier alpha value is -0.980. The minimum atomic E-state index is -0.333. The maximum Gasteiger partial charge on any atom is 0.223 e. The topological polar surface area (TPSA) is 55.6 Å². The molecule has 0 radical (unpaired) electrons. The molecule has 1 saturated heterocycles. The third-order valence-corrected chi connectivity index (χ3v) is 4.52. The molecular weight excluding hydrogens is 339 g/mol. The summed E-state index contributed by atoms with van der Waals surface area (Å²) in [4.78, 5) is 14.1. The van der Waals surface area contributed by atoms with Crippen LogP contribution in [-0.4, -0.2) is 37.1 Å². The van der Waals surface area contributed by atoms with Gasteiger partial charge in [-0.3, -0.25) is 4.79 Å². The molecule has 116 valence electrons. The van der Waals surface area contributed by atoms with E-state index >= 15 is 0 Å². The minimum Gasteiger partial charge on any atom is -0.383 e. The normalized spacial score (nSPS) is 23.2. The number of nitrogens with two attached hydrogens (primary N) is 1. The average Bonchev–Trinajstić information content (AvgIpc) is 2.58.